The van der Waals surface area contributed by atoms with E-state index >= 15 is 0 Å². The van der Waals surface area contributed by atoms with Gasteiger partial charge in [0.05, 0.1) is 0 Å². The third-order valence-corrected chi connectivity index (χ3v) is 1.88. The predicted octanol–water partition coefficient (Wildman–Crippen LogP) is 3.19. The Morgan fingerprint density at radius 2 is 1.50 bits per heavy atom. The number of hydrogen-bond acceptors (Lipinski definition) is 1. The van der Waals surface area contributed by atoms with Gasteiger partial charge in [-0.15, -0.1) is 0 Å². The Labute approximate surface area is 77.7 Å². The van der Waals surface area contributed by atoms with Crippen LogP contribution in [0.5, 0.6) is 0 Å². The molecule has 0 aliphatic rings. The zero-order valence-electron chi connectivity index (χ0n) is 9.57. The molecule has 0 saturated carbocycles. The molecule has 1 unspecified atom stereocenters. The van der Waals surface area contributed by atoms with Crippen molar-refractivity contribution in [3.8, 4) is 0 Å². The van der Waals surface area contributed by atoms with E-state index in [0.29, 0.717) is 16.9 Å². The summed E-state index contributed by atoms with van der Waals surface area (Å²) >= 11 is 0. The van der Waals surface area contributed by atoms with Crippen molar-refractivity contribution in [3.05, 3.63) is 0 Å². The zero-order chi connectivity index (χ0) is 9.99. The van der Waals surface area contributed by atoms with Crippen molar-refractivity contribution >= 4 is 0 Å². The van der Waals surface area contributed by atoms with E-state index in [1.54, 1.807) is 0 Å². The van der Waals surface area contributed by atoms with E-state index in [-0.39, 0.29) is 0 Å². The molecular formula is C11H25N. The largest absolute Gasteiger partial charge is 0.328 e. The molecule has 0 amide bonds. The van der Waals surface area contributed by atoms with Gasteiger partial charge in [-0.1, -0.05) is 34.6 Å². The van der Waals surface area contributed by atoms with Gasteiger partial charge in [-0.3, -0.25) is 0 Å². The molecule has 0 bridgehead atoms. The summed E-state index contributed by atoms with van der Waals surface area (Å²) in [6.07, 6.45) is 2.35. The molecule has 12 heavy (non-hydrogen) atoms. The summed E-state index contributed by atoms with van der Waals surface area (Å²) in [7, 11) is 0. The molecule has 0 heterocycles. The van der Waals surface area contributed by atoms with Crippen LogP contribution in [0.15, 0.2) is 0 Å². The molecule has 0 aromatic rings. The van der Waals surface area contributed by atoms with E-state index in [0.717, 1.165) is 6.42 Å². The molecule has 1 nitrogen and oxygen atoms in total. The smallest absolute Gasteiger partial charge is 0.00155 e. The molecule has 1 atom stereocenters. The van der Waals surface area contributed by atoms with Crippen LogP contribution in [-0.2, 0) is 0 Å². The number of rotatable bonds is 3. The first-order chi connectivity index (χ1) is 5.12. The summed E-state index contributed by atoms with van der Waals surface area (Å²) in [6, 6.07) is 0.322. The van der Waals surface area contributed by atoms with Gasteiger partial charge in [0.2, 0.25) is 0 Å². The second-order valence-electron chi connectivity index (χ2n) is 6.08. The Morgan fingerprint density at radius 1 is 1.08 bits per heavy atom. The highest BCUT2D eigenvalue weighted by molar-refractivity contribution is 4.78. The third kappa shape index (κ3) is 6.66. The first-order valence-corrected chi connectivity index (χ1v) is 4.88. The van der Waals surface area contributed by atoms with Crippen molar-refractivity contribution in [2.45, 2.75) is 60.4 Å². The first kappa shape index (κ1) is 12.0. The minimum Gasteiger partial charge on any atom is -0.328 e. The van der Waals surface area contributed by atoms with Crippen molar-refractivity contribution in [3.63, 3.8) is 0 Å². The van der Waals surface area contributed by atoms with Gasteiger partial charge >= 0.3 is 0 Å². The summed E-state index contributed by atoms with van der Waals surface area (Å²) in [5.74, 6) is 0. The summed E-state index contributed by atoms with van der Waals surface area (Å²) < 4.78 is 0. The maximum absolute atomic E-state index is 5.80. The maximum Gasteiger partial charge on any atom is 0.00155 e. The summed E-state index contributed by atoms with van der Waals surface area (Å²) in [5.41, 5.74) is 6.59. The van der Waals surface area contributed by atoms with Gasteiger partial charge < -0.3 is 5.73 Å². The van der Waals surface area contributed by atoms with Crippen LogP contribution in [0.1, 0.15) is 54.4 Å². The average Bonchev–Trinajstić information content (AvgIpc) is 1.48. The molecule has 0 aliphatic heterocycles. The molecule has 0 aromatic heterocycles. The molecule has 2 N–H and O–H groups in total. The average molecular weight is 171 g/mol. The molecule has 0 radical (unpaired) electrons. The van der Waals surface area contributed by atoms with E-state index in [4.69, 9.17) is 5.73 Å². The van der Waals surface area contributed by atoms with Gasteiger partial charge in [-0.2, -0.15) is 0 Å². The first-order valence-electron chi connectivity index (χ1n) is 4.88. The fourth-order valence-electron chi connectivity index (χ4n) is 2.38. The molecule has 74 valence electrons. The molecule has 0 fully saturated rings. The third-order valence-electron chi connectivity index (χ3n) is 1.88. The van der Waals surface area contributed by atoms with Crippen LogP contribution in [0, 0.1) is 10.8 Å². The van der Waals surface area contributed by atoms with Crippen LogP contribution in [-0.4, -0.2) is 6.04 Å². The quantitative estimate of drug-likeness (QED) is 0.693. The second kappa shape index (κ2) is 3.78. The normalized spacial score (nSPS) is 16.2. The maximum atomic E-state index is 5.80. The number of nitrogens with two attached hydrogens (primary N) is 1. The predicted molar refractivity (Wildman–Crippen MR) is 56.1 cm³/mol. The summed E-state index contributed by atoms with van der Waals surface area (Å²) in [6.45, 7) is 13.6. The summed E-state index contributed by atoms with van der Waals surface area (Å²) in [4.78, 5) is 0. The summed E-state index contributed by atoms with van der Waals surface area (Å²) in [5, 5.41) is 0. The van der Waals surface area contributed by atoms with Gasteiger partial charge in [-0.05, 0) is 30.6 Å². The highest BCUT2D eigenvalue weighted by Gasteiger charge is 2.25. The SMILES string of the molecule is CC(N)CC(C)(C)CC(C)(C)C. The van der Waals surface area contributed by atoms with Crippen LogP contribution in [0.2, 0.25) is 0 Å². The molecule has 0 aliphatic carbocycles. The molecule has 0 saturated heterocycles. The van der Waals surface area contributed by atoms with Crippen molar-refractivity contribution < 1.29 is 0 Å². The fraction of sp³-hybridized carbons (Fsp3) is 1.00. The lowest BCUT2D eigenvalue weighted by molar-refractivity contribution is 0.190. The van der Waals surface area contributed by atoms with Crippen LogP contribution >= 0.6 is 0 Å². The van der Waals surface area contributed by atoms with Crippen LogP contribution in [0.4, 0.5) is 0 Å². The van der Waals surface area contributed by atoms with Crippen molar-refractivity contribution in [1.82, 2.24) is 0 Å². The monoisotopic (exact) mass is 171 g/mol. The molecule has 1 heteroatoms. The second-order valence-corrected chi connectivity index (χ2v) is 6.08. The van der Waals surface area contributed by atoms with Gasteiger partial charge in [-0.25, -0.2) is 0 Å². The van der Waals surface area contributed by atoms with E-state index in [2.05, 4.69) is 41.5 Å². The van der Waals surface area contributed by atoms with Gasteiger partial charge in [0.25, 0.3) is 0 Å². The van der Waals surface area contributed by atoms with Crippen LogP contribution in [0.3, 0.4) is 0 Å². The zero-order valence-corrected chi connectivity index (χ0v) is 9.57. The molecular weight excluding hydrogens is 146 g/mol. The van der Waals surface area contributed by atoms with Gasteiger partial charge in [0.15, 0.2) is 0 Å². The minimum atomic E-state index is 0.322. The highest BCUT2D eigenvalue weighted by Crippen LogP contribution is 2.36. The Kier molecular flexibility index (Phi) is 3.77. The standard InChI is InChI=1S/C11H25N/c1-9(12)7-11(5,6)8-10(2,3)4/h9H,7-8,12H2,1-6H3. The van der Waals surface area contributed by atoms with E-state index in [1.807, 2.05) is 0 Å². The lowest BCUT2D eigenvalue weighted by Gasteiger charge is -2.33. The van der Waals surface area contributed by atoms with Crippen molar-refractivity contribution in [1.29, 1.82) is 0 Å². The molecule has 0 rings (SSSR count). The topological polar surface area (TPSA) is 26.0 Å². The van der Waals surface area contributed by atoms with E-state index < -0.39 is 0 Å². The van der Waals surface area contributed by atoms with E-state index in [1.165, 1.54) is 6.42 Å². The lowest BCUT2D eigenvalue weighted by Crippen LogP contribution is -2.28. The van der Waals surface area contributed by atoms with Gasteiger partial charge in [0, 0.05) is 6.04 Å². The Balaban J connectivity index is 4.04. The minimum absolute atomic E-state index is 0.322. The Morgan fingerprint density at radius 3 is 1.75 bits per heavy atom. The Hall–Kier alpha value is -0.0400. The fourth-order valence-corrected chi connectivity index (χ4v) is 2.38. The molecule has 0 aromatic carbocycles. The lowest BCUT2D eigenvalue weighted by atomic mass is 9.73. The van der Waals surface area contributed by atoms with Crippen molar-refractivity contribution in [2.24, 2.45) is 16.6 Å². The van der Waals surface area contributed by atoms with Crippen molar-refractivity contribution in [2.75, 3.05) is 0 Å². The van der Waals surface area contributed by atoms with E-state index in [9.17, 15) is 0 Å². The van der Waals surface area contributed by atoms with Crippen LogP contribution in [0.25, 0.3) is 0 Å². The Bertz CT molecular complexity index is 128. The highest BCUT2D eigenvalue weighted by atomic mass is 14.6. The van der Waals surface area contributed by atoms with Gasteiger partial charge in [0.1, 0.15) is 0 Å². The molecule has 0 spiro atoms. The number of hydrogen-bond donors (Lipinski definition) is 1. The van der Waals surface area contributed by atoms with Crippen LogP contribution < -0.4 is 5.73 Å².